The Morgan fingerprint density at radius 1 is 1.18 bits per heavy atom. The molecular weight excluding hydrogens is 348 g/mol. The average Bonchev–Trinajstić information content (AvgIpc) is 2.44. The lowest BCUT2D eigenvalue weighted by Crippen LogP contribution is -2.07. The third-order valence-corrected chi connectivity index (χ3v) is 4.30. The zero-order chi connectivity index (χ0) is 16.0. The third-order valence-electron chi connectivity index (χ3n) is 3.84. The molecule has 0 aliphatic carbocycles. The molecular formula is C17H13BrO4. The highest BCUT2D eigenvalue weighted by molar-refractivity contribution is 9.10. The Bertz CT molecular complexity index is 986. The summed E-state index contributed by atoms with van der Waals surface area (Å²) in [5.74, 6) is -0.969. The molecule has 0 unspecified atom stereocenters. The molecule has 0 aliphatic heterocycles. The normalized spacial score (nSPS) is 11.2. The summed E-state index contributed by atoms with van der Waals surface area (Å²) < 4.78 is 6.60. The minimum atomic E-state index is -0.969. The highest BCUT2D eigenvalue weighted by atomic mass is 79.9. The average molecular weight is 361 g/mol. The van der Waals surface area contributed by atoms with Gasteiger partial charge in [-0.1, -0.05) is 22.0 Å². The van der Waals surface area contributed by atoms with Gasteiger partial charge in [0, 0.05) is 10.0 Å². The fourth-order valence-electron chi connectivity index (χ4n) is 2.58. The van der Waals surface area contributed by atoms with Crippen LogP contribution >= 0.6 is 15.9 Å². The highest BCUT2D eigenvalue weighted by Crippen LogP contribution is 2.28. The van der Waals surface area contributed by atoms with E-state index < -0.39 is 5.97 Å². The number of benzene rings is 2. The number of carboxylic acids is 1. The molecule has 22 heavy (non-hydrogen) atoms. The molecule has 0 fully saturated rings. The molecule has 112 valence electrons. The lowest BCUT2D eigenvalue weighted by atomic mass is 10.0. The Labute approximate surface area is 134 Å². The molecule has 0 atom stereocenters. The summed E-state index contributed by atoms with van der Waals surface area (Å²) in [5.41, 5.74) is 3.11. The van der Waals surface area contributed by atoms with Crippen LogP contribution in [0.2, 0.25) is 0 Å². The largest absolute Gasteiger partial charge is 0.481 e. The number of aliphatic carboxylic acids is 1. The molecule has 0 radical (unpaired) electrons. The summed E-state index contributed by atoms with van der Waals surface area (Å²) in [6, 6.07) is 6.98. The molecule has 0 bridgehead atoms. The number of rotatable bonds is 2. The summed E-state index contributed by atoms with van der Waals surface area (Å²) in [4.78, 5) is 23.8. The number of hydrogen-bond donors (Lipinski definition) is 1. The Hall–Kier alpha value is -2.14. The topological polar surface area (TPSA) is 67.5 Å². The van der Waals surface area contributed by atoms with Crippen LogP contribution in [0, 0.1) is 13.8 Å². The second kappa shape index (κ2) is 5.25. The van der Waals surface area contributed by atoms with Crippen LogP contribution in [0.5, 0.6) is 0 Å². The molecule has 0 saturated heterocycles. The van der Waals surface area contributed by atoms with Crippen molar-refractivity contribution in [3.63, 3.8) is 0 Å². The zero-order valence-corrected chi connectivity index (χ0v) is 13.7. The molecule has 0 saturated carbocycles. The van der Waals surface area contributed by atoms with Crippen LogP contribution in [0.1, 0.15) is 16.7 Å². The van der Waals surface area contributed by atoms with Gasteiger partial charge in [-0.05, 0) is 43.2 Å². The lowest BCUT2D eigenvalue weighted by Gasteiger charge is -2.09. The second-order valence-corrected chi connectivity index (χ2v) is 6.24. The fraction of sp³-hybridized carbons (Fsp3) is 0.176. The summed E-state index contributed by atoms with van der Waals surface area (Å²) >= 11 is 3.32. The Morgan fingerprint density at radius 2 is 1.91 bits per heavy atom. The van der Waals surface area contributed by atoms with E-state index in [0.29, 0.717) is 32.0 Å². The van der Waals surface area contributed by atoms with Gasteiger partial charge in [0.25, 0.3) is 0 Å². The van der Waals surface area contributed by atoms with Crippen LogP contribution in [-0.4, -0.2) is 11.1 Å². The first kappa shape index (κ1) is 14.8. The highest BCUT2D eigenvalue weighted by Gasteiger charge is 2.16. The monoisotopic (exact) mass is 360 g/mol. The Morgan fingerprint density at radius 3 is 2.59 bits per heavy atom. The van der Waals surface area contributed by atoms with Crippen molar-refractivity contribution in [1.82, 2.24) is 0 Å². The number of fused-ring (bicyclic) bond motifs is 2. The maximum absolute atomic E-state index is 12.7. The van der Waals surface area contributed by atoms with E-state index in [0.717, 1.165) is 11.1 Å². The minimum absolute atomic E-state index is 0.146. The van der Waals surface area contributed by atoms with Gasteiger partial charge in [0.05, 0.1) is 17.2 Å². The number of halogens is 1. The molecule has 1 aromatic heterocycles. The summed E-state index contributed by atoms with van der Waals surface area (Å²) in [7, 11) is 0. The molecule has 2 aromatic carbocycles. The molecule has 5 heteroatoms. The second-order valence-electron chi connectivity index (χ2n) is 5.33. The van der Waals surface area contributed by atoms with E-state index in [1.54, 1.807) is 18.2 Å². The summed E-state index contributed by atoms with van der Waals surface area (Å²) in [6.07, 6.45) is -0.199. The molecule has 1 heterocycles. The van der Waals surface area contributed by atoms with Crippen molar-refractivity contribution in [2.75, 3.05) is 0 Å². The van der Waals surface area contributed by atoms with E-state index in [2.05, 4.69) is 15.9 Å². The SMILES string of the molecule is Cc1ccc2c(=O)c3cc(Br)cc(CC(=O)O)c3oc2c1C. The Kier molecular flexibility index (Phi) is 3.53. The van der Waals surface area contributed by atoms with Gasteiger partial charge < -0.3 is 9.52 Å². The van der Waals surface area contributed by atoms with Crippen LogP contribution in [0.15, 0.2) is 37.9 Å². The predicted molar refractivity (Wildman–Crippen MR) is 88.5 cm³/mol. The number of carboxylic acid groups (broad SMARTS) is 1. The van der Waals surface area contributed by atoms with Gasteiger partial charge in [0.15, 0.2) is 0 Å². The van der Waals surface area contributed by atoms with Gasteiger partial charge in [-0.3, -0.25) is 9.59 Å². The lowest BCUT2D eigenvalue weighted by molar-refractivity contribution is -0.136. The van der Waals surface area contributed by atoms with Crippen LogP contribution < -0.4 is 5.43 Å². The third kappa shape index (κ3) is 2.31. The predicted octanol–water partition coefficient (Wildman–Crippen LogP) is 3.95. The first-order valence-corrected chi connectivity index (χ1v) is 7.54. The van der Waals surface area contributed by atoms with E-state index in [1.165, 1.54) is 0 Å². The molecule has 0 amide bonds. The van der Waals surface area contributed by atoms with Gasteiger partial charge in [0.1, 0.15) is 11.2 Å². The van der Waals surface area contributed by atoms with Crippen molar-refractivity contribution in [2.45, 2.75) is 20.3 Å². The maximum Gasteiger partial charge on any atom is 0.307 e. The maximum atomic E-state index is 12.7. The summed E-state index contributed by atoms with van der Waals surface area (Å²) in [6.45, 7) is 3.83. The van der Waals surface area contributed by atoms with Crippen LogP contribution in [-0.2, 0) is 11.2 Å². The van der Waals surface area contributed by atoms with Crippen molar-refractivity contribution >= 4 is 43.8 Å². The standard InChI is InChI=1S/C17H13BrO4/c1-8-3-4-12-15(21)13-7-11(18)5-10(6-14(19)20)17(13)22-16(12)9(8)2/h3-5,7H,6H2,1-2H3,(H,19,20). The van der Waals surface area contributed by atoms with Gasteiger partial charge in [-0.15, -0.1) is 0 Å². The van der Waals surface area contributed by atoms with E-state index >= 15 is 0 Å². The van der Waals surface area contributed by atoms with E-state index in [1.807, 2.05) is 19.9 Å². The molecule has 4 nitrogen and oxygen atoms in total. The number of hydrogen-bond acceptors (Lipinski definition) is 3. The molecule has 3 rings (SSSR count). The van der Waals surface area contributed by atoms with Crippen LogP contribution in [0.25, 0.3) is 21.9 Å². The van der Waals surface area contributed by atoms with Crippen molar-refractivity contribution in [3.8, 4) is 0 Å². The minimum Gasteiger partial charge on any atom is -0.481 e. The molecule has 3 aromatic rings. The van der Waals surface area contributed by atoms with Gasteiger partial charge in [-0.25, -0.2) is 0 Å². The van der Waals surface area contributed by atoms with Gasteiger partial charge in [-0.2, -0.15) is 0 Å². The number of carbonyl (C=O) groups is 1. The van der Waals surface area contributed by atoms with Crippen molar-refractivity contribution in [2.24, 2.45) is 0 Å². The van der Waals surface area contributed by atoms with E-state index in [9.17, 15) is 9.59 Å². The van der Waals surface area contributed by atoms with Crippen molar-refractivity contribution in [3.05, 3.63) is 55.7 Å². The van der Waals surface area contributed by atoms with Crippen molar-refractivity contribution < 1.29 is 14.3 Å². The first-order chi connectivity index (χ1) is 10.4. The zero-order valence-electron chi connectivity index (χ0n) is 12.1. The van der Waals surface area contributed by atoms with E-state index in [-0.39, 0.29) is 11.8 Å². The fourth-order valence-corrected chi connectivity index (χ4v) is 3.09. The summed E-state index contributed by atoms with van der Waals surface area (Å²) in [5, 5.41) is 9.96. The van der Waals surface area contributed by atoms with Crippen LogP contribution in [0.4, 0.5) is 0 Å². The van der Waals surface area contributed by atoms with Crippen LogP contribution in [0.3, 0.4) is 0 Å². The molecule has 0 spiro atoms. The van der Waals surface area contributed by atoms with Crippen molar-refractivity contribution in [1.29, 1.82) is 0 Å². The van der Waals surface area contributed by atoms with E-state index in [4.69, 9.17) is 9.52 Å². The van der Waals surface area contributed by atoms with Gasteiger partial charge in [0.2, 0.25) is 5.43 Å². The molecule has 0 aliphatic rings. The Balaban J connectivity index is 2.52. The number of aryl methyl sites for hydroxylation is 2. The first-order valence-electron chi connectivity index (χ1n) is 6.75. The van der Waals surface area contributed by atoms with Gasteiger partial charge >= 0.3 is 5.97 Å². The smallest absolute Gasteiger partial charge is 0.307 e. The molecule has 1 N–H and O–H groups in total. The quantitative estimate of drug-likeness (QED) is 0.702.